The largest absolute Gasteiger partial charge is 0.396 e. The number of carbonyl (C=O) groups is 1. The molecule has 1 aromatic heterocycles. The molecule has 5 nitrogen and oxygen atoms in total. The van der Waals surface area contributed by atoms with Gasteiger partial charge >= 0.3 is 0 Å². The summed E-state index contributed by atoms with van der Waals surface area (Å²) in [6, 6.07) is 10.6. The first kappa shape index (κ1) is 15.6. The molecule has 0 amide bonds. The molecule has 2 rings (SSSR count). The average molecular weight is 310 g/mol. The predicted molar refractivity (Wildman–Crippen MR) is 86.8 cm³/mol. The summed E-state index contributed by atoms with van der Waals surface area (Å²) >= 11 is 1.16. The predicted octanol–water partition coefficient (Wildman–Crippen LogP) is 3.12. The van der Waals surface area contributed by atoms with Crippen LogP contribution in [0.1, 0.15) is 40.2 Å². The van der Waals surface area contributed by atoms with Crippen LogP contribution in [-0.2, 0) is 0 Å². The van der Waals surface area contributed by atoms with Gasteiger partial charge in [0.15, 0.2) is 0 Å². The molecule has 0 saturated carbocycles. The number of anilines is 2. The smallest absolute Gasteiger partial charge is 0.205 e. The van der Waals surface area contributed by atoms with Gasteiger partial charge in [0.05, 0.1) is 17.3 Å². The van der Waals surface area contributed by atoms with E-state index in [1.54, 1.807) is 18.2 Å². The summed E-state index contributed by atoms with van der Waals surface area (Å²) in [5, 5.41) is 21.9. The standard InChI is InChI=1S/C16H14N4OS/c1-9(2)20-16-12(8-18)13(19)15(22-16)14(21)11-5-3-4-10(6-11)7-17/h3-6,9,20H,19H2,1-2H3. The van der Waals surface area contributed by atoms with E-state index in [0.717, 1.165) is 11.3 Å². The van der Waals surface area contributed by atoms with E-state index in [1.807, 2.05) is 26.0 Å². The normalized spacial score (nSPS) is 10.0. The molecule has 6 heteroatoms. The molecule has 0 aliphatic rings. The molecule has 0 spiro atoms. The number of nitrogens with one attached hydrogen (secondary N) is 1. The zero-order valence-corrected chi connectivity index (χ0v) is 13.0. The number of nitrogens with zero attached hydrogens (tertiary/aromatic N) is 2. The van der Waals surface area contributed by atoms with Gasteiger partial charge in [0, 0.05) is 11.6 Å². The first-order valence-electron chi connectivity index (χ1n) is 6.61. The van der Waals surface area contributed by atoms with Crippen molar-refractivity contribution in [2.24, 2.45) is 0 Å². The second-order valence-corrected chi connectivity index (χ2v) is 6.00. The molecule has 2 aromatic rings. The Morgan fingerprint density at radius 2 is 2.05 bits per heavy atom. The van der Waals surface area contributed by atoms with Gasteiger partial charge in [-0.1, -0.05) is 12.1 Å². The molecule has 0 fully saturated rings. The van der Waals surface area contributed by atoms with Gasteiger partial charge in [0.1, 0.15) is 21.5 Å². The summed E-state index contributed by atoms with van der Waals surface area (Å²) in [5.41, 5.74) is 7.22. The molecule has 0 unspecified atom stereocenters. The van der Waals surface area contributed by atoms with E-state index in [9.17, 15) is 10.1 Å². The van der Waals surface area contributed by atoms with Crippen LogP contribution in [0.5, 0.6) is 0 Å². The number of benzene rings is 1. The van der Waals surface area contributed by atoms with E-state index >= 15 is 0 Å². The number of hydrogen-bond donors (Lipinski definition) is 2. The van der Waals surface area contributed by atoms with Crippen molar-refractivity contribution in [3.63, 3.8) is 0 Å². The average Bonchev–Trinajstić information content (AvgIpc) is 2.81. The number of nitriles is 2. The molecule has 0 aliphatic carbocycles. The molecule has 0 radical (unpaired) electrons. The van der Waals surface area contributed by atoms with Crippen molar-refractivity contribution < 1.29 is 4.79 Å². The summed E-state index contributed by atoms with van der Waals surface area (Å²) in [6.45, 7) is 3.88. The maximum atomic E-state index is 12.6. The van der Waals surface area contributed by atoms with Gasteiger partial charge in [-0.15, -0.1) is 11.3 Å². The van der Waals surface area contributed by atoms with E-state index < -0.39 is 0 Å². The Labute approximate surface area is 132 Å². The lowest BCUT2D eigenvalue weighted by molar-refractivity contribution is 0.104. The van der Waals surface area contributed by atoms with E-state index in [4.69, 9.17) is 11.0 Å². The summed E-state index contributed by atoms with van der Waals surface area (Å²) < 4.78 is 0. The number of hydrogen-bond acceptors (Lipinski definition) is 6. The number of nitrogens with two attached hydrogens (primary N) is 1. The zero-order chi connectivity index (χ0) is 16.3. The minimum Gasteiger partial charge on any atom is -0.396 e. The van der Waals surface area contributed by atoms with Crippen LogP contribution in [0.3, 0.4) is 0 Å². The van der Waals surface area contributed by atoms with Gasteiger partial charge in [0.2, 0.25) is 5.78 Å². The van der Waals surface area contributed by atoms with E-state index in [2.05, 4.69) is 5.32 Å². The highest BCUT2D eigenvalue weighted by molar-refractivity contribution is 7.19. The third kappa shape index (κ3) is 2.93. The van der Waals surface area contributed by atoms with E-state index in [0.29, 0.717) is 26.6 Å². The lowest BCUT2D eigenvalue weighted by atomic mass is 10.1. The first-order chi connectivity index (χ1) is 10.5. The molecule has 0 atom stereocenters. The van der Waals surface area contributed by atoms with Crippen LogP contribution in [-0.4, -0.2) is 11.8 Å². The summed E-state index contributed by atoms with van der Waals surface area (Å²) in [4.78, 5) is 12.9. The van der Waals surface area contributed by atoms with Crippen molar-refractivity contribution in [2.45, 2.75) is 19.9 Å². The van der Waals surface area contributed by atoms with Crippen LogP contribution in [0, 0.1) is 22.7 Å². The zero-order valence-electron chi connectivity index (χ0n) is 12.2. The van der Waals surface area contributed by atoms with Crippen LogP contribution >= 0.6 is 11.3 Å². The van der Waals surface area contributed by atoms with Crippen LogP contribution in [0.15, 0.2) is 24.3 Å². The number of carbonyl (C=O) groups excluding carboxylic acids is 1. The topological polar surface area (TPSA) is 103 Å². The van der Waals surface area contributed by atoms with Gasteiger partial charge in [-0.05, 0) is 26.0 Å². The van der Waals surface area contributed by atoms with E-state index in [-0.39, 0.29) is 17.5 Å². The van der Waals surface area contributed by atoms with Crippen molar-refractivity contribution >= 4 is 27.8 Å². The van der Waals surface area contributed by atoms with Crippen molar-refractivity contribution in [3.05, 3.63) is 45.8 Å². The molecule has 3 N–H and O–H groups in total. The maximum absolute atomic E-state index is 12.6. The Kier molecular flexibility index (Phi) is 4.45. The number of ketones is 1. The fourth-order valence-corrected chi connectivity index (χ4v) is 3.13. The van der Waals surface area contributed by atoms with Crippen LogP contribution < -0.4 is 11.1 Å². The second-order valence-electron chi connectivity index (χ2n) is 4.98. The van der Waals surface area contributed by atoms with Crippen LogP contribution in [0.2, 0.25) is 0 Å². The Hall–Kier alpha value is -2.83. The van der Waals surface area contributed by atoms with Crippen LogP contribution in [0.4, 0.5) is 10.7 Å². The molecular formula is C16H14N4OS. The minimum atomic E-state index is -0.284. The molecule has 1 heterocycles. The SMILES string of the molecule is CC(C)Nc1sc(C(=O)c2cccc(C#N)c2)c(N)c1C#N. The summed E-state index contributed by atoms with van der Waals surface area (Å²) in [7, 11) is 0. The summed E-state index contributed by atoms with van der Waals surface area (Å²) in [5.74, 6) is -0.284. The number of nitrogen functional groups attached to an aromatic ring is 1. The first-order valence-corrected chi connectivity index (χ1v) is 7.43. The number of rotatable bonds is 4. The fraction of sp³-hybridized carbons (Fsp3) is 0.188. The molecule has 110 valence electrons. The Balaban J connectivity index is 2.48. The van der Waals surface area contributed by atoms with Crippen molar-refractivity contribution in [2.75, 3.05) is 11.1 Å². The molecule has 1 aromatic carbocycles. The fourth-order valence-electron chi connectivity index (χ4n) is 1.95. The monoisotopic (exact) mass is 310 g/mol. The maximum Gasteiger partial charge on any atom is 0.205 e. The third-order valence-corrected chi connectivity index (χ3v) is 4.07. The lowest BCUT2D eigenvalue weighted by Gasteiger charge is -2.06. The lowest BCUT2D eigenvalue weighted by Crippen LogP contribution is -2.09. The number of thiophene rings is 1. The van der Waals surface area contributed by atoms with Gasteiger partial charge < -0.3 is 11.1 Å². The van der Waals surface area contributed by atoms with Gasteiger partial charge in [0.25, 0.3) is 0 Å². The van der Waals surface area contributed by atoms with Crippen molar-refractivity contribution in [1.29, 1.82) is 10.5 Å². The molecule has 0 bridgehead atoms. The Bertz CT molecular complexity index is 809. The highest BCUT2D eigenvalue weighted by Gasteiger charge is 2.22. The Morgan fingerprint density at radius 3 is 2.64 bits per heavy atom. The molecule has 0 aliphatic heterocycles. The van der Waals surface area contributed by atoms with Crippen LogP contribution in [0.25, 0.3) is 0 Å². The highest BCUT2D eigenvalue weighted by Crippen LogP contribution is 2.36. The molecule has 0 saturated heterocycles. The third-order valence-electron chi connectivity index (χ3n) is 2.94. The van der Waals surface area contributed by atoms with Crippen molar-refractivity contribution in [3.8, 4) is 12.1 Å². The van der Waals surface area contributed by atoms with Crippen molar-refractivity contribution in [1.82, 2.24) is 0 Å². The van der Waals surface area contributed by atoms with Gasteiger partial charge in [-0.3, -0.25) is 4.79 Å². The molecular weight excluding hydrogens is 296 g/mol. The Morgan fingerprint density at radius 1 is 1.32 bits per heavy atom. The highest BCUT2D eigenvalue weighted by atomic mass is 32.1. The van der Waals surface area contributed by atoms with Gasteiger partial charge in [-0.2, -0.15) is 10.5 Å². The quantitative estimate of drug-likeness (QED) is 0.844. The van der Waals surface area contributed by atoms with E-state index in [1.165, 1.54) is 6.07 Å². The minimum absolute atomic E-state index is 0.120. The molecule has 22 heavy (non-hydrogen) atoms. The van der Waals surface area contributed by atoms with Gasteiger partial charge in [-0.25, -0.2) is 0 Å². The summed E-state index contributed by atoms with van der Waals surface area (Å²) in [6.07, 6.45) is 0. The second kappa shape index (κ2) is 6.30.